The zero-order valence-corrected chi connectivity index (χ0v) is 11.9. The minimum Gasteiger partial charge on any atom is -0.481 e. The summed E-state index contributed by atoms with van der Waals surface area (Å²) >= 11 is 0. The molecule has 0 bridgehead atoms. The molecule has 1 fully saturated rings. The first kappa shape index (κ1) is 15.0. The molecule has 110 valence electrons. The highest BCUT2D eigenvalue weighted by atomic mass is 19.1. The van der Waals surface area contributed by atoms with Gasteiger partial charge in [-0.15, -0.1) is 0 Å². The van der Waals surface area contributed by atoms with Crippen LogP contribution in [0.4, 0.5) is 4.39 Å². The largest absolute Gasteiger partial charge is 0.481 e. The predicted molar refractivity (Wildman–Crippen MR) is 75.9 cm³/mol. The SMILES string of the molecule is CCCC1(C(=O)O)CCN(Cc2ccc(F)cc2)CC1. The Hall–Kier alpha value is -1.42. The van der Waals surface area contributed by atoms with Gasteiger partial charge in [0.2, 0.25) is 0 Å². The molecule has 0 aromatic heterocycles. The van der Waals surface area contributed by atoms with Gasteiger partial charge in [-0.1, -0.05) is 25.5 Å². The van der Waals surface area contributed by atoms with Crippen molar-refractivity contribution < 1.29 is 14.3 Å². The number of hydrogen-bond donors (Lipinski definition) is 1. The molecule has 1 N–H and O–H groups in total. The molecule has 1 aliphatic rings. The van der Waals surface area contributed by atoms with Gasteiger partial charge < -0.3 is 5.11 Å². The molecule has 4 heteroatoms. The van der Waals surface area contributed by atoms with E-state index in [1.54, 1.807) is 12.1 Å². The Bertz CT molecular complexity index is 450. The van der Waals surface area contributed by atoms with E-state index in [2.05, 4.69) is 4.90 Å². The van der Waals surface area contributed by atoms with Gasteiger partial charge in [0.15, 0.2) is 0 Å². The molecule has 0 aliphatic carbocycles. The summed E-state index contributed by atoms with van der Waals surface area (Å²) in [7, 11) is 0. The van der Waals surface area contributed by atoms with E-state index in [0.29, 0.717) is 12.8 Å². The van der Waals surface area contributed by atoms with E-state index in [1.165, 1.54) is 12.1 Å². The van der Waals surface area contributed by atoms with Crippen LogP contribution in [0.1, 0.15) is 38.2 Å². The van der Waals surface area contributed by atoms with Crippen LogP contribution < -0.4 is 0 Å². The molecule has 0 radical (unpaired) electrons. The van der Waals surface area contributed by atoms with Crippen LogP contribution in [0.15, 0.2) is 24.3 Å². The molecule has 0 amide bonds. The zero-order chi connectivity index (χ0) is 14.6. The smallest absolute Gasteiger partial charge is 0.309 e. The lowest BCUT2D eigenvalue weighted by Gasteiger charge is -2.38. The molecule has 1 aromatic rings. The lowest BCUT2D eigenvalue weighted by atomic mass is 9.75. The van der Waals surface area contributed by atoms with Gasteiger partial charge in [0.05, 0.1) is 5.41 Å². The molecule has 3 nitrogen and oxygen atoms in total. The fourth-order valence-corrected chi connectivity index (χ4v) is 3.04. The number of aliphatic carboxylic acids is 1. The summed E-state index contributed by atoms with van der Waals surface area (Å²) in [6, 6.07) is 6.52. The van der Waals surface area contributed by atoms with Crippen molar-refractivity contribution in [2.75, 3.05) is 13.1 Å². The number of likely N-dealkylation sites (tertiary alicyclic amines) is 1. The van der Waals surface area contributed by atoms with Gasteiger partial charge in [-0.05, 0) is 50.0 Å². The van der Waals surface area contributed by atoms with Gasteiger partial charge in [-0.3, -0.25) is 9.69 Å². The Morgan fingerprint density at radius 2 is 1.90 bits per heavy atom. The predicted octanol–water partition coefficient (Wildman–Crippen LogP) is 3.29. The third-order valence-electron chi connectivity index (χ3n) is 4.31. The number of piperidine rings is 1. The number of benzene rings is 1. The van der Waals surface area contributed by atoms with Crippen LogP contribution in [0.5, 0.6) is 0 Å². The quantitative estimate of drug-likeness (QED) is 0.899. The second-order valence-corrected chi connectivity index (χ2v) is 5.74. The maximum atomic E-state index is 12.9. The molecule has 0 spiro atoms. The molecule has 1 saturated heterocycles. The number of halogens is 1. The molecule has 20 heavy (non-hydrogen) atoms. The fraction of sp³-hybridized carbons (Fsp3) is 0.562. The lowest BCUT2D eigenvalue weighted by Crippen LogP contribution is -2.44. The normalized spacial score (nSPS) is 18.9. The average molecular weight is 279 g/mol. The first-order valence-electron chi connectivity index (χ1n) is 7.26. The minimum atomic E-state index is -0.652. The highest BCUT2D eigenvalue weighted by molar-refractivity contribution is 5.74. The van der Waals surface area contributed by atoms with Gasteiger partial charge in [-0.25, -0.2) is 4.39 Å². The number of carbonyl (C=O) groups is 1. The third-order valence-corrected chi connectivity index (χ3v) is 4.31. The van der Waals surface area contributed by atoms with Crippen molar-refractivity contribution in [3.63, 3.8) is 0 Å². The number of carboxylic acid groups (broad SMARTS) is 1. The lowest BCUT2D eigenvalue weighted by molar-refractivity contribution is -0.152. The van der Waals surface area contributed by atoms with E-state index < -0.39 is 11.4 Å². The fourth-order valence-electron chi connectivity index (χ4n) is 3.04. The maximum Gasteiger partial charge on any atom is 0.309 e. The van der Waals surface area contributed by atoms with Crippen molar-refractivity contribution in [1.82, 2.24) is 4.90 Å². The molecular formula is C16H22FNO2. The van der Waals surface area contributed by atoms with Crippen molar-refractivity contribution in [1.29, 1.82) is 0 Å². The van der Waals surface area contributed by atoms with Crippen molar-refractivity contribution >= 4 is 5.97 Å². The molecule has 2 rings (SSSR count). The Balaban J connectivity index is 1.93. The van der Waals surface area contributed by atoms with Crippen LogP contribution in [0.3, 0.4) is 0 Å². The van der Waals surface area contributed by atoms with E-state index in [0.717, 1.165) is 38.0 Å². The van der Waals surface area contributed by atoms with E-state index in [-0.39, 0.29) is 5.82 Å². The minimum absolute atomic E-state index is 0.222. The van der Waals surface area contributed by atoms with Crippen LogP contribution in [0.25, 0.3) is 0 Å². The standard InChI is InChI=1S/C16H22FNO2/c1-2-7-16(15(19)20)8-10-18(11-9-16)12-13-3-5-14(17)6-4-13/h3-6H,2,7-12H2,1H3,(H,19,20). The number of hydrogen-bond acceptors (Lipinski definition) is 2. The second kappa shape index (κ2) is 6.35. The second-order valence-electron chi connectivity index (χ2n) is 5.74. The van der Waals surface area contributed by atoms with Crippen molar-refractivity contribution in [3.05, 3.63) is 35.6 Å². The summed E-state index contributed by atoms with van der Waals surface area (Å²) in [5.41, 5.74) is 0.540. The third kappa shape index (κ3) is 3.37. The average Bonchev–Trinajstić information content (AvgIpc) is 2.44. The van der Waals surface area contributed by atoms with Crippen molar-refractivity contribution in [3.8, 4) is 0 Å². The van der Waals surface area contributed by atoms with Crippen LogP contribution in [0.2, 0.25) is 0 Å². The Morgan fingerprint density at radius 3 is 2.40 bits per heavy atom. The molecule has 1 heterocycles. The monoisotopic (exact) mass is 279 g/mol. The Morgan fingerprint density at radius 1 is 1.30 bits per heavy atom. The first-order valence-corrected chi connectivity index (χ1v) is 7.26. The summed E-state index contributed by atoms with van der Waals surface area (Å²) < 4.78 is 12.9. The van der Waals surface area contributed by atoms with Crippen LogP contribution in [-0.4, -0.2) is 29.1 Å². The highest BCUT2D eigenvalue weighted by Crippen LogP contribution is 2.36. The van der Waals surface area contributed by atoms with Gasteiger partial charge in [0.1, 0.15) is 5.82 Å². The first-order chi connectivity index (χ1) is 9.55. The Kier molecular flexibility index (Phi) is 4.76. The summed E-state index contributed by atoms with van der Waals surface area (Å²) in [5.74, 6) is -0.874. The molecule has 1 aliphatic heterocycles. The van der Waals surface area contributed by atoms with Gasteiger partial charge in [-0.2, -0.15) is 0 Å². The topological polar surface area (TPSA) is 40.5 Å². The highest BCUT2D eigenvalue weighted by Gasteiger charge is 2.40. The molecule has 0 saturated carbocycles. The number of rotatable bonds is 5. The maximum absolute atomic E-state index is 12.9. The van der Waals surface area contributed by atoms with Gasteiger partial charge in [0, 0.05) is 6.54 Å². The van der Waals surface area contributed by atoms with E-state index >= 15 is 0 Å². The van der Waals surface area contributed by atoms with Gasteiger partial charge >= 0.3 is 5.97 Å². The Labute approximate surface area is 119 Å². The number of carboxylic acids is 1. The van der Waals surface area contributed by atoms with Crippen LogP contribution in [-0.2, 0) is 11.3 Å². The number of nitrogens with zero attached hydrogens (tertiary/aromatic N) is 1. The summed E-state index contributed by atoms with van der Waals surface area (Å²) in [5, 5.41) is 9.47. The molecular weight excluding hydrogens is 257 g/mol. The van der Waals surface area contributed by atoms with E-state index in [4.69, 9.17) is 0 Å². The van der Waals surface area contributed by atoms with E-state index in [9.17, 15) is 14.3 Å². The van der Waals surface area contributed by atoms with Crippen LogP contribution >= 0.6 is 0 Å². The summed E-state index contributed by atoms with van der Waals surface area (Å²) in [6.07, 6.45) is 3.08. The van der Waals surface area contributed by atoms with Crippen molar-refractivity contribution in [2.24, 2.45) is 5.41 Å². The van der Waals surface area contributed by atoms with Crippen molar-refractivity contribution in [2.45, 2.75) is 39.2 Å². The van der Waals surface area contributed by atoms with Crippen LogP contribution in [0, 0.1) is 11.2 Å². The molecule has 0 atom stereocenters. The molecule has 1 aromatic carbocycles. The summed E-state index contributed by atoms with van der Waals surface area (Å²) in [4.78, 5) is 13.8. The van der Waals surface area contributed by atoms with E-state index in [1.807, 2.05) is 6.92 Å². The molecule has 0 unspecified atom stereocenters. The van der Waals surface area contributed by atoms with Gasteiger partial charge in [0.25, 0.3) is 0 Å². The summed E-state index contributed by atoms with van der Waals surface area (Å²) in [6.45, 7) is 4.39. The zero-order valence-electron chi connectivity index (χ0n) is 11.9.